The Hall–Kier alpha value is -0.800. The van der Waals surface area contributed by atoms with E-state index in [4.69, 9.17) is 16.3 Å². The number of rotatable bonds is 1. The highest BCUT2D eigenvalue weighted by molar-refractivity contribution is 7.22. The number of benzene rings is 1. The van der Waals surface area contributed by atoms with E-state index in [0.29, 0.717) is 14.8 Å². The Kier molecular flexibility index (Phi) is 2.14. The second-order valence-electron chi connectivity index (χ2n) is 2.54. The summed E-state index contributed by atoms with van der Waals surface area (Å²) in [4.78, 5) is 0. The first-order valence-electron chi connectivity index (χ1n) is 3.64. The first-order chi connectivity index (χ1) is 6.22. The molecule has 0 aliphatic rings. The standard InChI is InChI=1S/C9H6ClFOS/c1-12-7-3-2-6(11)9-5(7)4-8(10)13-9/h2-4H,1H3. The number of halogens is 2. The van der Waals surface area contributed by atoms with Crippen molar-refractivity contribution in [2.45, 2.75) is 0 Å². The fourth-order valence-corrected chi connectivity index (χ4v) is 2.36. The summed E-state index contributed by atoms with van der Waals surface area (Å²) in [7, 11) is 1.55. The molecule has 68 valence electrons. The molecule has 1 aromatic heterocycles. The number of hydrogen-bond acceptors (Lipinski definition) is 2. The molecule has 0 N–H and O–H groups in total. The van der Waals surface area contributed by atoms with Gasteiger partial charge in [-0.25, -0.2) is 4.39 Å². The third-order valence-electron chi connectivity index (χ3n) is 1.79. The van der Waals surface area contributed by atoms with Crippen LogP contribution < -0.4 is 4.74 Å². The summed E-state index contributed by atoms with van der Waals surface area (Å²) >= 11 is 7.00. The monoisotopic (exact) mass is 216 g/mol. The van der Waals surface area contributed by atoms with Crippen molar-refractivity contribution in [3.05, 3.63) is 28.4 Å². The maximum absolute atomic E-state index is 13.2. The highest BCUT2D eigenvalue weighted by atomic mass is 35.5. The van der Waals surface area contributed by atoms with Gasteiger partial charge in [0.2, 0.25) is 0 Å². The molecule has 0 fully saturated rings. The van der Waals surface area contributed by atoms with Crippen LogP contribution in [0.2, 0.25) is 4.34 Å². The van der Waals surface area contributed by atoms with Crippen LogP contribution in [0.5, 0.6) is 5.75 Å². The highest BCUT2D eigenvalue weighted by Gasteiger charge is 2.09. The Bertz CT molecular complexity index is 452. The van der Waals surface area contributed by atoms with Crippen molar-refractivity contribution in [3.8, 4) is 5.75 Å². The van der Waals surface area contributed by atoms with Crippen LogP contribution in [0, 0.1) is 5.82 Å². The minimum Gasteiger partial charge on any atom is -0.496 e. The van der Waals surface area contributed by atoms with Crippen LogP contribution in [0.15, 0.2) is 18.2 Å². The van der Waals surface area contributed by atoms with Crippen molar-refractivity contribution in [3.63, 3.8) is 0 Å². The van der Waals surface area contributed by atoms with Crippen molar-refractivity contribution in [1.82, 2.24) is 0 Å². The van der Waals surface area contributed by atoms with E-state index >= 15 is 0 Å². The van der Waals surface area contributed by atoms with Crippen LogP contribution in [-0.4, -0.2) is 7.11 Å². The van der Waals surface area contributed by atoms with E-state index in [2.05, 4.69) is 0 Å². The molecule has 0 spiro atoms. The topological polar surface area (TPSA) is 9.23 Å². The zero-order chi connectivity index (χ0) is 9.42. The number of hydrogen-bond donors (Lipinski definition) is 0. The van der Waals surface area contributed by atoms with E-state index in [1.165, 1.54) is 17.4 Å². The van der Waals surface area contributed by atoms with Crippen LogP contribution in [0.4, 0.5) is 4.39 Å². The van der Waals surface area contributed by atoms with Crippen molar-refractivity contribution >= 4 is 33.0 Å². The molecular weight excluding hydrogens is 211 g/mol. The first kappa shape index (κ1) is 8.78. The van der Waals surface area contributed by atoms with Crippen LogP contribution in [-0.2, 0) is 0 Å². The molecule has 1 aromatic carbocycles. The van der Waals surface area contributed by atoms with E-state index in [0.717, 1.165) is 5.39 Å². The van der Waals surface area contributed by atoms with Gasteiger partial charge in [0.1, 0.15) is 11.6 Å². The van der Waals surface area contributed by atoms with Gasteiger partial charge >= 0.3 is 0 Å². The molecule has 0 amide bonds. The van der Waals surface area contributed by atoms with Crippen LogP contribution in [0.25, 0.3) is 10.1 Å². The summed E-state index contributed by atoms with van der Waals surface area (Å²) in [5.41, 5.74) is 0. The highest BCUT2D eigenvalue weighted by Crippen LogP contribution is 2.36. The minimum absolute atomic E-state index is 0.257. The second kappa shape index (κ2) is 3.16. The molecule has 1 heterocycles. The molecule has 0 atom stereocenters. The first-order valence-corrected chi connectivity index (χ1v) is 4.83. The number of fused-ring (bicyclic) bond motifs is 1. The lowest BCUT2D eigenvalue weighted by atomic mass is 10.2. The van der Waals surface area contributed by atoms with Crippen molar-refractivity contribution in [2.75, 3.05) is 7.11 Å². The number of ether oxygens (including phenoxy) is 1. The normalized spacial score (nSPS) is 10.7. The summed E-state index contributed by atoms with van der Waals surface area (Å²) in [6.07, 6.45) is 0. The number of thiophene rings is 1. The largest absolute Gasteiger partial charge is 0.496 e. The molecule has 2 rings (SSSR count). The number of methoxy groups -OCH3 is 1. The molecule has 13 heavy (non-hydrogen) atoms. The summed E-state index contributed by atoms with van der Waals surface area (Å²) in [5, 5.41) is 0.734. The molecule has 0 aliphatic heterocycles. The van der Waals surface area contributed by atoms with Gasteiger partial charge in [-0.05, 0) is 18.2 Å². The van der Waals surface area contributed by atoms with E-state index in [1.54, 1.807) is 19.2 Å². The van der Waals surface area contributed by atoms with E-state index in [-0.39, 0.29) is 5.82 Å². The quantitative estimate of drug-likeness (QED) is 0.706. The third-order valence-corrected chi connectivity index (χ3v) is 3.06. The zero-order valence-electron chi connectivity index (χ0n) is 6.80. The Balaban J connectivity index is 2.83. The predicted molar refractivity (Wildman–Crippen MR) is 53.3 cm³/mol. The second-order valence-corrected chi connectivity index (χ2v) is 4.23. The molecule has 0 radical (unpaired) electrons. The van der Waals surface area contributed by atoms with Gasteiger partial charge in [-0.3, -0.25) is 0 Å². The molecule has 2 aromatic rings. The van der Waals surface area contributed by atoms with Gasteiger partial charge in [0.25, 0.3) is 0 Å². The van der Waals surface area contributed by atoms with Crippen molar-refractivity contribution in [2.24, 2.45) is 0 Å². The fourth-order valence-electron chi connectivity index (χ4n) is 1.21. The van der Waals surface area contributed by atoms with E-state index in [1.807, 2.05) is 0 Å². The molecule has 0 unspecified atom stereocenters. The molecule has 0 saturated carbocycles. The average molecular weight is 217 g/mol. The van der Waals surface area contributed by atoms with Crippen molar-refractivity contribution < 1.29 is 9.13 Å². The van der Waals surface area contributed by atoms with Gasteiger partial charge in [-0.1, -0.05) is 11.6 Å². The molecule has 0 aliphatic carbocycles. The molecule has 0 saturated heterocycles. The lowest BCUT2D eigenvalue weighted by molar-refractivity contribution is 0.419. The van der Waals surface area contributed by atoms with Gasteiger partial charge in [-0.15, -0.1) is 11.3 Å². The van der Waals surface area contributed by atoms with Crippen LogP contribution in [0.3, 0.4) is 0 Å². The molecule has 0 bridgehead atoms. The summed E-state index contributed by atoms with van der Waals surface area (Å²) in [6, 6.07) is 4.69. The molecule has 1 nitrogen and oxygen atoms in total. The Morgan fingerprint density at radius 1 is 1.46 bits per heavy atom. The maximum Gasteiger partial charge on any atom is 0.141 e. The molecule has 4 heteroatoms. The van der Waals surface area contributed by atoms with E-state index < -0.39 is 0 Å². The SMILES string of the molecule is COc1ccc(F)c2sc(Cl)cc12. The van der Waals surface area contributed by atoms with Crippen LogP contribution in [0.1, 0.15) is 0 Å². The maximum atomic E-state index is 13.2. The van der Waals surface area contributed by atoms with Gasteiger partial charge in [0.05, 0.1) is 16.1 Å². The van der Waals surface area contributed by atoms with Gasteiger partial charge < -0.3 is 4.74 Å². The summed E-state index contributed by atoms with van der Waals surface area (Å²) in [6.45, 7) is 0. The van der Waals surface area contributed by atoms with E-state index in [9.17, 15) is 4.39 Å². The lowest BCUT2D eigenvalue weighted by Gasteiger charge is -2.00. The van der Waals surface area contributed by atoms with Crippen LogP contribution >= 0.6 is 22.9 Å². The van der Waals surface area contributed by atoms with Gasteiger partial charge in [-0.2, -0.15) is 0 Å². The summed E-state index contributed by atoms with van der Waals surface area (Å²) in [5.74, 6) is 0.396. The zero-order valence-corrected chi connectivity index (χ0v) is 8.38. The fraction of sp³-hybridized carbons (Fsp3) is 0.111. The Labute approximate surface area is 83.7 Å². The average Bonchev–Trinajstić information content (AvgIpc) is 2.48. The Morgan fingerprint density at radius 2 is 2.23 bits per heavy atom. The minimum atomic E-state index is -0.257. The third kappa shape index (κ3) is 1.38. The van der Waals surface area contributed by atoms with Gasteiger partial charge in [0, 0.05) is 5.39 Å². The predicted octanol–water partition coefficient (Wildman–Crippen LogP) is 3.70. The molecular formula is C9H6ClFOS. The summed E-state index contributed by atoms with van der Waals surface area (Å²) < 4.78 is 19.4. The Morgan fingerprint density at radius 3 is 2.92 bits per heavy atom. The van der Waals surface area contributed by atoms with Gasteiger partial charge in [0.15, 0.2) is 0 Å². The van der Waals surface area contributed by atoms with Crippen molar-refractivity contribution in [1.29, 1.82) is 0 Å². The smallest absolute Gasteiger partial charge is 0.141 e. The lowest BCUT2D eigenvalue weighted by Crippen LogP contribution is -1.83.